The Morgan fingerprint density at radius 1 is 1.32 bits per heavy atom. The molecule has 4 rings (SSSR count). The van der Waals surface area contributed by atoms with Crippen molar-refractivity contribution in [2.24, 2.45) is 7.05 Å². The Morgan fingerprint density at radius 3 is 3.00 bits per heavy atom. The van der Waals surface area contributed by atoms with Crippen molar-refractivity contribution in [1.82, 2.24) is 30.2 Å². The fraction of sp³-hybridized carbons (Fsp3) is 0.300. The molecule has 1 atom stereocenters. The van der Waals surface area contributed by atoms with E-state index in [1.807, 2.05) is 43.7 Å². The largest absolute Gasteiger partial charge is 0.338 e. The van der Waals surface area contributed by atoms with Crippen LogP contribution in [0.1, 0.15) is 31.9 Å². The summed E-state index contributed by atoms with van der Waals surface area (Å²) >= 11 is 1.56. The van der Waals surface area contributed by atoms with Gasteiger partial charge in [0.05, 0.1) is 24.1 Å². The number of carbonyl (C=O) groups excluding carboxylic acids is 1. The lowest BCUT2D eigenvalue weighted by atomic mass is 10.1. The van der Waals surface area contributed by atoms with Gasteiger partial charge in [-0.25, -0.2) is 19.7 Å². The van der Waals surface area contributed by atoms with Gasteiger partial charge in [-0.15, -0.1) is 0 Å². The number of aromatic nitrogens is 4. The first-order chi connectivity index (χ1) is 13.6. The molecule has 3 heterocycles. The number of amides is 2. The molecule has 0 bridgehead atoms. The minimum atomic E-state index is -0.150. The topological polar surface area (TPSA) is 84.7 Å². The molecule has 0 aliphatic heterocycles. The van der Waals surface area contributed by atoms with Crippen LogP contribution in [0.3, 0.4) is 0 Å². The monoisotopic (exact) mass is 394 g/mol. The van der Waals surface area contributed by atoms with Gasteiger partial charge in [-0.05, 0) is 25.0 Å². The second kappa shape index (κ2) is 7.55. The molecule has 0 saturated heterocycles. The second-order valence-electron chi connectivity index (χ2n) is 6.77. The van der Waals surface area contributed by atoms with E-state index in [4.69, 9.17) is 4.98 Å². The first kappa shape index (κ1) is 18.4. The van der Waals surface area contributed by atoms with Gasteiger partial charge in [0.1, 0.15) is 20.9 Å². The van der Waals surface area contributed by atoms with Crippen molar-refractivity contribution in [2.45, 2.75) is 26.3 Å². The van der Waals surface area contributed by atoms with E-state index >= 15 is 0 Å². The zero-order valence-electron chi connectivity index (χ0n) is 16.1. The zero-order chi connectivity index (χ0) is 19.7. The summed E-state index contributed by atoms with van der Waals surface area (Å²) in [6.07, 6.45) is 4.48. The molecule has 0 spiro atoms. The summed E-state index contributed by atoms with van der Waals surface area (Å²) in [4.78, 5) is 26.5. The van der Waals surface area contributed by atoms with Crippen LogP contribution in [0, 0.1) is 0 Å². The number of pyridine rings is 1. The Morgan fingerprint density at radius 2 is 2.18 bits per heavy atom. The highest BCUT2D eigenvalue weighted by atomic mass is 32.1. The van der Waals surface area contributed by atoms with Gasteiger partial charge in [0.25, 0.3) is 0 Å². The number of urea groups is 1. The van der Waals surface area contributed by atoms with Crippen LogP contribution in [0.4, 0.5) is 4.79 Å². The summed E-state index contributed by atoms with van der Waals surface area (Å²) in [5.74, 6) is 0. The maximum atomic E-state index is 11.9. The number of fused-ring (bicyclic) bond motifs is 3. The van der Waals surface area contributed by atoms with Crippen LogP contribution in [0.2, 0.25) is 0 Å². The number of carbonyl (C=O) groups is 1. The number of nitrogens with one attached hydrogen (secondary N) is 2. The maximum absolute atomic E-state index is 11.9. The summed E-state index contributed by atoms with van der Waals surface area (Å²) in [7, 11) is 1.96. The third-order valence-corrected chi connectivity index (χ3v) is 5.63. The summed E-state index contributed by atoms with van der Waals surface area (Å²) in [6.45, 7) is 4.67. The average Bonchev–Trinajstić information content (AvgIpc) is 3.30. The van der Waals surface area contributed by atoms with Crippen LogP contribution in [-0.4, -0.2) is 32.1 Å². The fourth-order valence-electron chi connectivity index (χ4n) is 3.14. The molecule has 2 amide bonds. The number of hydrogen-bond donors (Lipinski definition) is 2. The Labute approximate surface area is 166 Å². The van der Waals surface area contributed by atoms with E-state index in [0.717, 1.165) is 43.9 Å². The van der Waals surface area contributed by atoms with E-state index in [0.29, 0.717) is 6.54 Å². The molecule has 0 fully saturated rings. The van der Waals surface area contributed by atoms with Crippen LogP contribution in [0.5, 0.6) is 0 Å². The number of nitrogens with zero attached hydrogens (tertiary/aromatic N) is 4. The summed E-state index contributed by atoms with van der Waals surface area (Å²) in [5.41, 5.74) is 4.75. The van der Waals surface area contributed by atoms with Gasteiger partial charge in [-0.3, -0.25) is 0 Å². The lowest BCUT2D eigenvalue weighted by Gasteiger charge is -2.15. The van der Waals surface area contributed by atoms with E-state index < -0.39 is 0 Å². The number of rotatable bonds is 5. The quantitative estimate of drug-likeness (QED) is 0.535. The smallest absolute Gasteiger partial charge is 0.315 e. The Bertz CT molecular complexity index is 1150. The zero-order valence-corrected chi connectivity index (χ0v) is 16.9. The van der Waals surface area contributed by atoms with Gasteiger partial charge in [-0.1, -0.05) is 36.5 Å². The highest BCUT2D eigenvalue weighted by molar-refractivity contribution is 7.21. The van der Waals surface area contributed by atoms with E-state index in [-0.39, 0.29) is 12.1 Å². The molecule has 8 heteroatoms. The molecule has 0 aliphatic carbocycles. The van der Waals surface area contributed by atoms with Crippen molar-refractivity contribution in [3.05, 3.63) is 42.4 Å². The molecule has 2 N–H and O–H groups in total. The van der Waals surface area contributed by atoms with Crippen molar-refractivity contribution in [1.29, 1.82) is 0 Å². The van der Waals surface area contributed by atoms with Crippen LogP contribution >= 0.6 is 11.3 Å². The normalized spacial score (nSPS) is 12.4. The lowest BCUT2D eigenvalue weighted by Crippen LogP contribution is -2.37. The minimum Gasteiger partial charge on any atom is -0.338 e. The van der Waals surface area contributed by atoms with Crippen molar-refractivity contribution in [3.63, 3.8) is 0 Å². The highest BCUT2D eigenvalue weighted by Gasteiger charge is 2.15. The molecule has 28 heavy (non-hydrogen) atoms. The highest BCUT2D eigenvalue weighted by Crippen LogP contribution is 2.33. The maximum Gasteiger partial charge on any atom is 0.315 e. The molecule has 0 saturated carbocycles. The van der Waals surface area contributed by atoms with Gasteiger partial charge in [-0.2, -0.15) is 0 Å². The van der Waals surface area contributed by atoms with E-state index in [9.17, 15) is 4.79 Å². The number of benzene rings is 1. The SMILES string of the molecule is CCCNC(=O)N[C@@H](C)c1cccc(-c2nc3c(ncc4ncn(C)c43)s2)c1. The Balaban J connectivity index is 1.65. The fourth-order valence-corrected chi connectivity index (χ4v) is 4.05. The summed E-state index contributed by atoms with van der Waals surface area (Å²) < 4.78 is 1.97. The third-order valence-electron chi connectivity index (χ3n) is 4.62. The average molecular weight is 395 g/mol. The Hall–Kier alpha value is -3.00. The first-order valence-electron chi connectivity index (χ1n) is 9.28. The van der Waals surface area contributed by atoms with Gasteiger partial charge in [0.2, 0.25) is 0 Å². The molecular formula is C20H22N6OS. The molecule has 0 radical (unpaired) electrons. The third kappa shape index (κ3) is 3.43. The number of aryl methyl sites for hydroxylation is 1. The van der Waals surface area contributed by atoms with Gasteiger partial charge in [0.15, 0.2) is 0 Å². The number of thiazole rings is 1. The molecule has 4 aromatic rings. The van der Waals surface area contributed by atoms with Crippen LogP contribution in [0.15, 0.2) is 36.8 Å². The predicted octanol–water partition coefficient (Wildman–Crippen LogP) is 4.02. The molecule has 0 unspecified atom stereocenters. The second-order valence-corrected chi connectivity index (χ2v) is 7.75. The lowest BCUT2D eigenvalue weighted by molar-refractivity contribution is 0.238. The Kier molecular flexibility index (Phi) is 4.95. The van der Waals surface area contributed by atoms with Gasteiger partial charge >= 0.3 is 6.03 Å². The molecular weight excluding hydrogens is 372 g/mol. The molecule has 7 nitrogen and oxygen atoms in total. The van der Waals surface area contributed by atoms with Crippen LogP contribution < -0.4 is 10.6 Å². The van der Waals surface area contributed by atoms with E-state index in [1.54, 1.807) is 23.9 Å². The molecule has 0 aliphatic rings. The van der Waals surface area contributed by atoms with Crippen LogP contribution in [-0.2, 0) is 7.05 Å². The van der Waals surface area contributed by atoms with Crippen molar-refractivity contribution in [3.8, 4) is 10.6 Å². The standard InChI is InChI=1S/C20H22N6OS/c1-4-8-21-20(27)24-12(2)13-6-5-7-14(9-13)18-25-16-17-15(23-11-26(17)3)10-22-19(16)28-18/h5-7,9-12H,4,8H2,1-3H3,(H2,21,24,27)/t12-/m0/s1. The van der Waals surface area contributed by atoms with E-state index in [1.165, 1.54) is 0 Å². The van der Waals surface area contributed by atoms with Crippen LogP contribution in [0.25, 0.3) is 32.0 Å². The number of imidazole rings is 1. The summed E-state index contributed by atoms with van der Waals surface area (Å²) in [6, 6.07) is 7.86. The number of hydrogen-bond acceptors (Lipinski definition) is 5. The van der Waals surface area contributed by atoms with Crippen molar-refractivity contribution >= 4 is 38.7 Å². The molecule has 1 aromatic carbocycles. The van der Waals surface area contributed by atoms with Gasteiger partial charge < -0.3 is 15.2 Å². The molecule has 144 valence electrons. The van der Waals surface area contributed by atoms with Gasteiger partial charge in [0, 0.05) is 19.2 Å². The minimum absolute atomic E-state index is 0.104. The van der Waals surface area contributed by atoms with E-state index in [2.05, 4.69) is 26.7 Å². The predicted molar refractivity (Wildman–Crippen MR) is 112 cm³/mol. The summed E-state index contributed by atoms with van der Waals surface area (Å²) in [5, 5.41) is 6.72. The van der Waals surface area contributed by atoms with Crippen molar-refractivity contribution in [2.75, 3.05) is 6.54 Å². The molecule has 3 aromatic heterocycles. The van der Waals surface area contributed by atoms with Crippen molar-refractivity contribution < 1.29 is 4.79 Å². The first-order valence-corrected chi connectivity index (χ1v) is 10.1.